The standard InChI is InChI=1S/C24H29ClN4O4/c1-14-5-8-17(9-6-14)26-23(32)24(3)13-28-20(12-18(27-28)22(31)33-4)21(30)29(24)19-10-7-16(25)11-15(19)2/h7,10-12,14,17H,5-6,8-9,13H2,1-4H3,(H,26,32)/t14?,17?,24-/m0/s1. The van der Waals surface area contributed by atoms with Crippen LogP contribution in [0.15, 0.2) is 24.3 Å². The molecule has 1 N–H and O–H groups in total. The SMILES string of the molecule is COC(=O)c1cc2n(n1)C[C@@](C)(C(=O)NC1CCC(C)CC1)N(c1ccc(Cl)cc1C)C2=O. The van der Waals surface area contributed by atoms with E-state index < -0.39 is 17.4 Å². The molecule has 8 nitrogen and oxygen atoms in total. The molecule has 1 aliphatic heterocycles. The Morgan fingerprint density at radius 1 is 1.21 bits per heavy atom. The average Bonchev–Trinajstić information content (AvgIpc) is 3.20. The van der Waals surface area contributed by atoms with E-state index in [2.05, 4.69) is 17.3 Å². The lowest BCUT2D eigenvalue weighted by atomic mass is 9.86. The summed E-state index contributed by atoms with van der Waals surface area (Å²) >= 11 is 6.15. The van der Waals surface area contributed by atoms with Gasteiger partial charge in [0.2, 0.25) is 5.91 Å². The molecular formula is C24H29ClN4O4. The number of amides is 2. The minimum atomic E-state index is -1.26. The van der Waals surface area contributed by atoms with E-state index in [-0.39, 0.29) is 29.9 Å². The van der Waals surface area contributed by atoms with Crippen molar-refractivity contribution in [2.45, 2.75) is 64.6 Å². The third-order valence-electron chi connectivity index (χ3n) is 6.79. The highest BCUT2D eigenvalue weighted by Crippen LogP contribution is 2.36. The van der Waals surface area contributed by atoms with E-state index in [4.69, 9.17) is 16.3 Å². The third kappa shape index (κ3) is 4.24. The van der Waals surface area contributed by atoms with Crippen LogP contribution >= 0.6 is 11.6 Å². The van der Waals surface area contributed by atoms with Crippen LogP contribution in [0.5, 0.6) is 0 Å². The van der Waals surface area contributed by atoms with E-state index in [1.165, 1.54) is 22.8 Å². The van der Waals surface area contributed by atoms with Gasteiger partial charge in [-0.1, -0.05) is 18.5 Å². The Morgan fingerprint density at radius 2 is 1.91 bits per heavy atom. The van der Waals surface area contributed by atoms with Crippen LogP contribution in [0.25, 0.3) is 0 Å². The lowest BCUT2D eigenvalue weighted by Gasteiger charge is -2.44. The Hall–Kier alpha value is -2.87. The summed E-state index contributed by atoms with van der Waals surface area (Å²) in [7, 11) is 1.26. The van der Waals surface area contributed by atoms with Gasteiger partial charge < -0.3 is 10.1 Å². The number of methoxy groups -OCH3 is 1. The number of anilines is 1. The van der Waals surface area contributed by atoms with Crippen LogP contribution < -0.4 is 10.2 Å². The number of benzene rings is 1. The molecule has 2 aromatic rings. The summed E-state index contributed by atoms with van der Waals surface area (Å²) in [6, 6.07) is 6.68. The van der Waals surface area contributed by atoms with Gasteiger partial charge >= 0.3 is 5.97 Å². The Bertz CT molecular complexity index is 1110. The highest BCUT2D eigenvalue weighted by molar-refractivity contribution is 6.30. The van der Waals surface area contributed by atoms with Gasteiger partial charge in [-0.05, 0) is 69.2 Å². The van der Waals surface area contributed by atoms with Crippen LogP contribution in [0.4, 0.5) is 5.69 Å². The monoisotopic (exact) mass is 472 g/mol. The van der Waals surface area contributed by atoms with Crippen molar-refractivity contribution in [2.24, 2.45) is 5.92 Å². The summed E-state index contributed by atoms with van der Waals surface area (Å²) in [6.07, 6.45) is 3.95. The number of nitrogens with one attached hydrogen (secondary N) is 1. The van der Waals surface area contributed by atoms with Crippen molar-refractivity contribution < 1.29 is 19.1 Å². The molecule has 1 atom stereocenters. The lowest BCUT2D eigenvalue weighted by molar-refractivity contribution is -0.127. The maximum atomic E-state index is 13.7. The zero-order valence-electron chi connectivity index (χ0n) is 19.4. The van der Waals surface area contributed by atoms with Gasteiger partial charge in [0.25, 0.3) is 5.91 Å². The molecule has 0 saturated heterocycles. The van der Waals surface area contributed by atoms with Gasteiger partial charge in [0.1, 0.15) is 11.2 Å². The first-order valence-electron chi connectivity index (χ1n) is 11.2. The number of ether oxygens (including phenoxy) is 1. The number of rotatable bonds is 4. The van der Waals surface area contributed by atoms with Gasteiger partial charge in [-0.15, -0.1) is 0 Å². The molecule has 1 aromatic heterocycles. The molecule has 176 valence electrons. The maximum Gasteiger partial charge on any atom is 0.358 e. The molecule has 1 aromatic carbocycles. The fourth-order valence-electron chi connectivity index (χ4n) is 4.78. The van der Waals surface area contributed by atoms with Crippen LogP contribution in [-0.2, 0) is 16.1 Å². The number of fused-ring (bicyclic) bond motifs is 1. The molecule has 2 aliphatic rings. The number of nitrogens with zero attached hydrogens (tertiary/aromatic N) is 3. The Balaban J connectivity index is 1.76. The van der Waals surface area contributed by atoms with Gasteiger partial charge in [0.15, 0.2) is 5.69 Å². The van der Waals surface area contributed by atoms with E-state index in [0.29, 0.717) is 16.6 Å². The fourth-order valence-corrected chi connectivity index (χ4v) is 5.01. The van der Waals surface area contributed by atoms with Gasteiger partial charge in [-0.2, -0.15) is 5.10 Å². The molecule has 2 heterocycles. The van der Waals surface area contributed by atoms with Gasteiger partial charge in [-0.3, -0.25) is 19.2 Å². The first-order valence-corrected chi connectivity index (χ1v) is 11.6. The Kier molecular flexibility index (Phi) is 6.22. The Morgan fingerprint density at radius 3 is 2.55 bits per heavy atom. The summed E-state index contributed by atoms with van der Waals surface area (Å²) in [5, 5.41) is 7.99. The van der Waals surface area contributed by atoms with Crippen molar-refractivity contribution in [1.29, 1.82) is 0 Å². The minimum absolute atomic E-state index is 0.0274. The summed E-state index contributed by atoms with van der Waals surface area (Å²) < 4.78 is 6.20. The van der Waals surface area contributed by atoms with Gasteiger partial charge in [0.05, 0.1) is 13.7 Å². The third-order valence-corrected chi connectivity index (χ3v) is 7.02. The smallest absolute Gasteiger partial charge is 0.358 e. The molecule has 4 rings (SSSR count). The predicted molar refractivity (Wildman–Crippen MR) is 125 cm³/mol. The lowest BCUT2D eigenvalue weighted by Crippen LogP contribution is -2.65. The first-order chi connectivity index (χ1) is 15.6. The molecular weight excluding hydrogens is 444 g/mol. The Labute approximate surface area is 198 Å². The largest absolute Gasteiger partial charge is 0.464 e. The second-order valence-electron chi connectivity index (χ2n) is 9.34. The zero-order valence-corrected chi connectivity index (χ0v) is 20.1. The minimum Gasteiger partial charge on any atom is -0.464 e. The van der Waals surface area contributed by atoms with E-state index in [9.17, 15) is 14.4 Å². The predicted octanol–water partition coefficient (Wildman–Crippen LogP) is 3.75. The summed E-state index contributed by atoms with van der Waals surface area (Å²) in [5.41, 5.74) is 0.348. The van der Waals surface area contributed by atoms with Crippen LogP contribution in [0.1, 0.15) is 66.1 Å². The number of halogens is 1. The first kappa shape index (κ1) is 23.3. The molecule has 1 saturated carbocycles. The van der Waals surface area contributed by atoms with E-state index in [1.807, 2.05) is 6.92 Å². The van der Waals surface area contributed by atoms with Gasteiger partial charge in [0, 0.05) is 22.8 Å². The summed E-state index contributed by atoms with van der Waals surface area (Å²) in [5.74, 6) is -0.641. The quantitative estimate of drug-likeness (QED) is 0.684. The van der Waals surface area contributed by atoms with Crippen LogP contribution in [0.3, 0.4) is 0 Å². The second-order valence-corrected chi connectivity index (χ2v) is 9.78. The molecule has 2 amide bonds. The van der Waals surface area contributed by atoms with Crippen LogP contribution in [-0.4, -0.2) is 46.3 Å². The molecule has 1 aliphatic carbocycles. The molecule has 0 radical (unpaired) electrons. The van der Waals surface area contributed by atoms with Crippen molar-refractivity contribution in [3.05, 3.63) is 46.2 Å². The summed E-state index contributed by atoms with van der Waals surface area (Å²) in [6.45, 7) is 5.91. The van der Waals surface area contributed by atoms with E-state index in [0.717, 1.165) is 31.2 Å². The number of carbonyl (C=O) groups excluding carboxylic acids is 3. The van der Waals surface area contributed by atoms with E-state index >= 15 is 0 Å². The number of carbonyl (C=O) groups is 3. The maximum absolute atomic E-state index is 13.7. The second kappa shape index (κ2) is 8.82. The van der Waals surface area contributed by atoms with Crippen molar-refractivity contribution in [1.82, 2.24) is 15.1 Å². The number of hydrogen-bond acceptors (Lipinski definition) is 5. The topological polar surface area (TPSA) is 93.5 Å². The molecule has 9 heteroatoms. The number of hydrogen-bond donors (Lipinski definition) is 1. The van der Waals surface area contributed by atoms with E-state index in [1.54, 1.807) is 25.1 Å². The average molecular weight is 473 g/mol. The zero-order chi connectivity index (χ0) is 23.9. The molecule has 0 bridgehead atoms. The molecule has 1 fully saturated rings. The van der Waals surface area contributed by atoms with Crippen molar-refractivity contribution in [3.63, 3.8) is 0 Å². The van der Waals surface area contributed by atoms with Crippen molar-refractivity contribution in [2.75, 3.05) is 12.0 Å². The van der Waals surface area contributed by atoms with Crippen LogP contribution in [0.2, 0.25) is 5.02 Å². The van der Waals surface area contributed by atoms with Crippen molar-refractivity contribution >= 4 is 35.1 Å². The highest BCUT2D eigenvalue weighted by Gasteiger charge is 2.50. The highest BCUT2D eigenvalue weighted by atomic mass is 35.5. The number of aryl methyl sites for hydroxylation is 1. The molecule has 0 unspecified atom stereocenters. The van der Waals surface area contributed by atoms with Crippen LogP contribution in [0, 0.1) is 12.8 Å². The molecule has 33 heavy (non-hydrogen) atoms. The van der Waals surface area contributed by atoms with Gasteiger partial charge in [-0.25, -0.2) is 4.79 Å². The molecule has 0 spiro atoms. The summed E-state index contributed by atoms with van der Waals surface area (Å²) in [4.78, 5) is 41.0. The number of aromatic nitrogens is 2. The van der Waals surface area contributed by atoms with Crippen molar-refractivity contribution in [3.8, 4) is 0 Å². The number of esters is 1. The fraction of sp³-hybridized carbons (Fsp3) is 0.500. The normalized spacial score (nSPS) is 24.9.